The van der Waals surface area contributed by atoms with E-state index in [1.807, 2.05) is 18.2 Å². The fourth-order valence-electron chi connectivity index (χ4n) is 3.99. The highest BCUT2D eigenvalue weighted by molar-refractivity contribution is 9.10. The van der Waals surface area contributed by atoms with Gasteiger partial charge in [-0.1, -0.05) is 27.5 Å². The van der Waals surface area contributed by atoms with E-state index in [1.165, 1.54) is 23.8 Å². The van der Waals surface area contributed by atoms with Crippen LogP contribution >= 0.6 is 38.9 Å². The molecule has 2 aliphatic rings. The second kappa shape index (κ2) is 6.09. The highest BCUT2D eigenvalue weighted by atomic mass is 79.9. The summed E-state index contributed by atoms with van der Waals surface area (Å²) >= 11 is 11.5. The van der Waals surface area contributed by atoms with Crippen LogP contribution in [0, 0.1) is 5.82 Å². The monoisotopic (exact) mass is 473 g/mol. The second-order valence-electron chi connectivity index (χ2n) is 7.35. The number of nitrogens with zero attached hydrogens (tertiary/aromatic N) is 1. The zero-order valence-electron chi connectivity index (χ0n) is 14.6. The van der Waals surface area contributed by atoms with Gasteiger partial charge in [0.05, 0.1) is 21.7 Å². The standard InChI is InChI=1S/C22H14BrClFNOS/c23-13-3-4-16-12(7-13)8-17-21-15(25)9-14(24)10-18(21)27-22(26(16)17)20-6-5-19(28-20)11-1-2-11/h3-11,22H,1-2H2. The molecule has 2 aromatic heterocycles. The molecule has 2 aromatic carbocycles. The molecule has 0 N–H and O–H groups in total. The number of hydrogen-bond acceptors (Lipinski definition) is 2. The number of ether oxygens (including phenoxy) is 1. The Balaban J connectivity index is 1.62. The zero-order valence-corrected chi connectivity index (χ0v) is 17.7. The van der Waals surface area contributed by atoms with E-state index in [2.05, 4.69) is 38.7 Å². The third kappa shape index (κ3) is 2.56. The lowest BCUT2D eigenvalue weighted by Crippen LogP contribution is -2.21. The highest BCUT2D eigenvalue weighted by Gasteiger charge is 2.33. The lowest BCUT2D eigenvalue weighted by molar-refractivity contribution is 0.176. The Kier molecular flexibility index (Phi) is 3.71. The van der Waals surface area contributed by atoms with Gasteiger partial charge in [-0.25, -0.2) is 4.39 Å². The molecule has 140 valence electrons. The van der Waals surface area contributed by atoms with Crippen LogP contribution in [0.2, 0.25) is 5.02 Å². The van der Waals surface area contributed by atoms with Crippen molar-refractivity contribution in [2.75, 3.05) is 0 Å². The van der Waals surface area contributed by atoms with E-state index in [9.17, 15) is 4.39 Å². The molecule has 1 aliphatic carbocycles. The van der Waals surface area contributed by atoms with Gasteiger partial charge in [0.1, 0.15) is 11.6 Å². The van der Waals surface area contributed by atoms with Crippen LogP contribution in [0.5, 0.6) is 5.75 Å². The molecular weight excluding hydrogens is 461 g/mol. The molecule has 28 heavy (non-hydrogen) atoms. The third-order valence-electron chi connectivity index (χ3n) is 5.42. The van der Waals surface area contributed by atoms with Crippen molar-refractivity contribution in [3.05, 3.63) is 73.6 Å². The van der Waals surface area contributed by atoms with E-state index >= 15 is 0 Å². The first kappa shape index (κ1) is 17.1. The molecule has 1 saturated carbocycles. The van der Waals surface area contributed by atoms with Crippen molar-refractivity contribution in [3.8, 4) is 17.0 Å². The fraction of sp³-hybridized carbons (Fsp3) is 0.182. The van der Waals surface area contributed by atoms with E-state index in [0.29, 0.717) is 22.3 Å². The van der Waals surface area contributed by atoms with E-state index in [-0.39, 0.29) is 12.0 Å². The normalized spacial score (nSPS) is 18.0. The van der Waals surface area contributed by atoms with Crippen molar-refractivity contribution in [1.29, 1.82) is 0 Å². The Labute approximate surface area is 178 Å². The maximum absolute atomic E-state index is 14.9. The predicted octanol–water partition coefficient (Wildman–Crippen LogP) is 7.74. The maximum Gasteiger partial charge on any atom is 0.212 e. The molecule has 1 aliphatic heterocycles. The molecule has 0 saturated heterocycles. The van der Waals surface area contributed by atoms with Gasteiger partial charge >= 0.3 is 0 Å². The second-order valence-corrected chi connectivity index (χ2v) is 9.85. The topological polar surface area (TPSA) is 14.2 Å². The molecule has 1 fully saturated rings. The molecule has 0 amide bonds. The van der Waals surface area contributed by atoms with E-state index in [1.54, 1.807) is 17.4 Å². The van der Waals surface area contributed by atoms with Gasteiger partial charge in [0.2, 0.25) is 6.23 Å². The quantitative estimate of drug-likeness (QED) is 0.290. The number of benzene rings is 2. The van der Waals surface area contributed by atoms with Crippen LogP contribution in [0.25, 0.3) is 22.2 Å². The highest BCUT2D eigenvalue weighted by Crippen LogP contribution is 2.49. The largest absolute Gasteiger partial charge is 0.464 e. The molecule has 0 bridgehead atoms. The van der Waals surface area contributed by atoms with Crippen LogP contribution in [-0.4, -0.2) is 4.57 Å². The molecule has 0 spiro atoms. The minimum absolute atomic E-state index is 0.337. The Hall–Kier alpha value is -1.82. The van der Waals surface area contributed by atoms with Crippen LogP contribution in [0.15, 0.2) is 53.0 Å². The number of aromatic nitrogens is 1. The maximum atomic E-state index is 14.9. The van der Waals surface area contributed by atoms with Crippen molar-refractivity contribution in [1.82, 2.24) is 4.57 Å². The van der Waals surface area contributed by atoms with Crippen molar-refractivity contribution in [2.45, 2.75) is 25.0 Å². The smallest absolute Gasteiger partial charge is 0.212 e. The van der Waals surface area contributed by atoms with Crippen molar-refractivity contribution >= 4 is 49.8 Å². The molecule has 0 radical (unpaired) electrons. The van der Waals surface area contributed by atoms with Crippen LogP contribution in [0.3, 0.4) is 0 Å². The SMILES string of the molecule is Fc1cc(Cl)cc2c1-c1cc3cc(Br)ccc3n1C(c1ccc(C3CC3)s1)O2. The number of fused-ring (bicyclic) bond motifs is 5. The summed E-state index contributed by atoms with van der Waals surface area (Å²) in [4.78, 5) is 2.53. The molecule has 1 unspecified atom stereocenters. The number of thiophene rings is 1. The summed E-state index contributed by atoms with van der Waals surface area (Å²) in [7, 11) is 0. The molecule has 1 atom stereocenters. The van der Waals surface area contributed by atoms with Crippen LogP contribution in [0.4, 0.5) is 4.39 Å². The summed E-state index contributed by atoms with van der Waals surface area (Å²) in [6.45, 7) is 0. The first-order valence-corrected chi connectivity index (χ1v) is 11.1. The minimum atomic E-state index is -0.367. The molecule has 6 rings (SSSR count). The Bertz CT molecular complexity index is 1260. The third-order valence-corrected chi connectivity index (χ3v) is 7.41. The Morgan fingerprint density at radius 3 is 2.71 bits per heavy atom. The molecule has 6 heteroatoms. The van der Waals surface area contributed by atoms with Crippen LogP contribution in [-0.2, 0) is 0 Å². The van der Waals surface area contributed by atoms with E-state index in [4.69, 9.17) is 16.3 Å². The van der Waals surface area contributed by atoms with Crippen molar-refractivity contribution in [3.63, 3.8) is 0 Å². The fourth-order valence-corrected chi connectivity index (χ4v) is 5.77. The van der Waals surface area contributed by atoms with Crippen LogP contribution in [0.1, 0.15) is 34.7 Å². The van der Waals surface area contributed by atoms with Gasteiger partial charge in [-0.3, -0.25) is 4.57 Å². The Morgan fingerprint density at radius 1 is 1.07 bits per heavy atom. The van der Waals surface area contributed by atoms with Gasteiger partial charge in [0, 0.05) is 19.8 Å². The number of hydrogen-bond donors (Lipinski definition) is 0. The summed E-state index contributed by atoms with van der Waals surface area (Å²) in [6, 6.07) is 15.5. The summed E-state index contributed by atoms with van der Waals surface area (Å²) < 4.78 is 24.3. The molecule has 4 aromatic rings. The van der Waals surface area contributed by atoms with Gasteiger partial charge in [-0.15, -0.1) is 11.3 Å². The minimum Gasteiger partial charge on any atom is -0.464 e. The van der Waals surface area contributed by atoms with E-state index < -0.39 is 0 Å². The Morgan fingerprint density at radius 2 is 1.89 bits per heavy atom. The summed E-state index contributed by atoms with van der Waals surface area (Å²) in [6.07, 6.45) is 2.19. The summed E-state index contributed by atoms with van der Waals surface area (Å²) in [5.41, 5.74) is 2.30. The van der Waals surface area contributed by atoms with Gasteiger partial charge in [-0.05, 0) is 67.3 Å². The van der Waals surface area contributed by atoms with Gasteiger partial charge < -0.3 is 4.74 Å². The van der Waals surface area contributed by atoms with Crippen molar-refractivity contribution in [2.24, 2.45) is 0 Å². The molecular formula is C22H14BrClFNOS. The number of rotatable bonds is 2. The molecule has 3 heterocycles. The van der Waals surface area contributed by atoms with Crippen LogP contribution < -0.4 is 4.74 Å². The zero-order chi connectivity index (χ0) is 19.0. The first-order chi connectivity index (χ1) is 13.6. The average Bonchev–Trinajstić information content (AvgIpc) is 3.26. The van der Waals surface area contributed by atoms with Gasteiger partial charge in [-0.2, -0.15) is 0 Å². The lowest BCUT2D eigenvalue weighted by atomic mass is 10.1. The lowest BCUT2D eigenvalue weighted by Gasteiger charge is -2.29. The molecule has 2 nitrogen and oxygen atoms in total. The van der Waals surface area contributed by atoms with Crippen molar-refractivity contribution < 1.29 is 9.13 Å². The number of halogens is 3. The van der Waals surface area contributed by atoms with E-state index in [0.717, 1.165) is 25.9 Å². The summed E-state index contributed by atoms with van der Waals surface area (Å²) in [5, 5.41) is 1.38. The summed E-state index contributed by atoms with van der Waals surface area (Å²) in [5.74, 6) is 0.818. The predicted molar refractivity (Wildman–Crippen MR) is 115 cm³/mol. The first-order valence-electron chi connectivity index (χ1n) is 9.15. The van der Waals surface area contributed by atoms with Gasteiger partial charge in [0.15, 0.2) is 0 Å². The average molecular weight is 475 g/mol. The van der Waals surface area contributed by atoms with Gasteiger partial charge in [0.25, 0.3) is 0 Å².